The van der Waals surface area contributed by atoms with Crippen molar-refractivity contribution in [2.45, 2.75) is 18.6 Å². The Kier molecular flexibility index (Phi) is 5.34. The van der Waals surface area contributed by atoms with Crippen LogP contribution in [0.5, 0.6) is 5.75 Å². The molecule has 1 fully saturated rings. The van der Waals surface area contributed by atoms with Crippen molar-refractivity contribution >= 4 is 6.21 Å². The Morgan fingerprint density at radius 1 is 1.46 bits per heavy atom. The fourth-order valence-corrected chi connectivity index (χ4v) is 2.89. The van der Waals surface area contributed by atoms with Gasteiger partial charge in [-0.3, -0.25) is 11.2 Å². The maximum absolute atomic E-state index is 6.43. The minimum absolute atomic E-state index is 0.761. The van der Waals surface area contributed by atoms with Crippen LogP contribution in [0.3, 0.4) is 0 Å². The van der Waals surface area contributed by atoms with E-state index < -0.39 is 5.79 Å². The van der Waals surface area contributed by atoms with Crippen molar-refractivity contribution in [1.82, 2.24) is 21.1 Å². The summed E-state index contributed by atoms with van der Waals surface area (Å²) >= 11 is 0. The second kappa shape index (κ2) is 7.65. The summed E-state index contributed by atoms with van der Waals surface area (Å²) in [7, 11) is 1.64. The fraction of sp³-hybridized carbons (Fsp3) is 0.471. The average molecular weight is 330 g/mol. The lowest BCUT2D eigenvalue weighted by atomic mass is 10.1. The van der Waals surface area contributed by atoms with Crippen LogP contribution in [0.25, 0.3) is 0 Å². The quantitative estimate of drug-likeness (QED) is 0.544. The Labute approximate surface area is 142 Å². The molecule has 1 aromatic rings. The normalized spacial score (nSPS) is 23.7. The van der Waals surface area contributed by atoms with E-state index in [2.05, 4.69) is 26.1 Å². The summed E-state index contributed by atoms with van der Waals surface area (Å²) in [4.78, 5) is 4.40. The molecule has 7 nitrogen and oxygen atoms in total. The third-order valence-corrected chi connectivity index (χ3v) is 4.21. The van der Waals surface area contributed by atoms with Gasteiger partial charge in [-0.1, -0.05) is 12.1 Å². The van der Waals surface area contributed by atoms with Gasteiger partial charge in [-0.2, -0.15) is 0 Å². The Hall–Kier alpha value is -2.09. The van der Waals surface area contributed by atoms with Gasteiger partial charge in [0.2, 0.25) is 5.79 Å². The number of hydrogen-bond donors (Lipinski definition) is 4. The SMILES string of the molecule is COc1cccc(C2(N)N=CC=C(NCCCN3CCCN3)N2)c1. The van der Waals surface area contributed by atoms with E-state index in [-0.39, 0.29) is 0 Å². The van der Waals surface area contributed by atoms with E-state index in [1.54, 1.807) is 13.3 Å². The first-order chi connectivity index (χ1) is 11.7. The molecule has 2 heterocycles. The molecule has 7 heteroatoms. The van der Waals surface area contributed by atoms with E-state index in [1.165, 1.54) is 6.42 Å². The van der Waals surface area contributed by atoms with E-state index in [9.17, 15) is 0 Å². The zero-order chi connectivity index (χ0) is 16.8. The van der Waals surface area contributed by atoms with Crippen molar-refractivity contribution in [1.29, 1.82) is 0 Å². The fourth-order valence-electron chi connectivity index (χ4n) is 2.89. The van der Waals surface area contributed by atoms with Crippen molar-refractivity contribution in [3.05, 3.63) is 41.7 Å². The summed E-state index contributed by atoms with van der Waals surface area (Å²) in [5.74, 6) is 0.656. The zero-order valence-corrected chi connectivity index (χ0v) is 14.1. The van der Waals surface area contributed by atoms with Crippen LogP contribution in [0.1, 0.15) is 18.4 Å². The number of aliphatic imine (C=N–C) groups is 1. The monoisotopic (exact) mass is 330 g/mol. The van der Waals surface area contributed by atoms with Crippen molar-refractivity contribution in [2.75, 3.05) is 33.3 Å². The zero-order valence-electron chi connectivity index (χ0n) is 14.1. The lowest BCUT2D eigenvalue weighted by molar-refractivity contribution is 0.249. The van der Waals surface area contributed by atoms with Crippen molar-refractivity contribution in [2.24, 2.45) is 10.7 Å². The summed E-state index contributed by atoms with van der Waals surface area (Å²) in [6, 6.07) is 7.64. The van der Waals surface area contributed by atoms with Gasteiger partial charge in [0, 0.05) is 38.0 Å². The van der Waals surface area contributed by atoms with Crippen LogP contribution in [0, 0.1) is 0 Å². The Bertz CT molecular complexity index is 611. The summed E-state index contributed by atoms with van der Waals surface area (Å²) in [5, 5.41) is 8.94. The van der Waals surface area contributed by atoms with Crippen LogP contribution >= 0.6 is 0 Å². The first-order valence-corrected chi connectivity index (χ1v) is 8.39. The molecule has 3 rings (SSSR count). The number of hydrogen-bond acceptors (Lipinski definition) is 7. The largest absolute Gasteiger partial charge is 0.497 e. The molecule has 1 saturated heterocycles. The molecular weight excluding hydrogens is 304 g/mol. The standard InChI is InChI=1S/C17H26N6O/c1-24-15-6-2-5-14(13-15)17(18)20-10-7-16(22-17)19-8-3-11-23-12-4-9-21-23/h2,5-7,10,13,19,21-22H,3-4,8-9,11-12,18H2,1H3. The molecule has 2 aliphatic rings. The third-order valence-electron chi connectivity index (χ3n) is 4.21. The molecule has 1 unspecified atom stereocenters. The molecule has 2 aliphatic heterocycles. The van der Waals surface area contributed by atoms with E-state index in [1.807, 2.05) is 30.3 Å². The lowest BCUT2D eigenvalue weighted by Crippen LogP contribution is -2.52. The highest BCUT2D eigenvalue weighted by atomic mass is 16.5. The molecule has 130 valence electrons. The van der Waals surface area contributed by atoms with Gasteiger partial charge in [-0.25, -0.2) is 10.0 Å². The van der Waals surface area contributed by atoms with Crippen molar-refractivity contribution < 1.29 is 4.74 Å². The highest BCUT2D eigenvalue weighted by Crippen LogP contribution is 2.23. The molecule has 0 radical (unpaired) electrons. The number of methoxy groups -OCH3 is 1. The summed E-state index contributed by atoms with van der Waals surface area (Å²) < 4.78 is 5.27. The van der Waals surface area contributed by atoms with Crippen LogP contribution in [0.4, 0.5) is 0 Å². The van der Waals surface area contributed by atoms with Crippen LogP contribution in [0.15, 0.2) is 41.2 Å². The maximum Gasteiger partial charge on any atom is 0.210 e. The minimum Gasteiger partial charge on any atom is -0.497 e. The van der Waals surface area contributed by atoms with E-state index in [4.69, 9.17) is 10.5 Å². The third kappa shape index (κ3) is 4.05. The number of hydrazine groups is 1. The Morgan fingerprint density at radius 2 is 2.38 bits per heavy atom. The number of nitrogens with one attached hydrogen (secondary N) is 3. The van der Waals surface area contributed by atoms with Gasteiger partial charge in [0.15, 0.2) is 0 Å². The summed E-state index contributed by atoms with van der Waals surface area (Å²) in [6.45, 7) is 4.14. The predicted molar refractivity (Wildman–Crippen MR) is 95.4 cm³/mol. The molecule has 0 aliphatic carbocycles. The van der Waals surface area contributed by atoms with Crippen LogP contribution < -0.4 is 26.5 Å². The number of nitrogens with two attached hydrogens (primary N) is 1. The molecule has 1 atom stereocenters. The number of rotatable bonds is 7. The van der Waals surface area contributed by atoms with Gasteiger partial charge < -0.3 is 15.4 Å². The second-order valence-electron chi connectivity index (χ2n) is 6.01. The molecule has 5 N–H and O–H groups in total. The second-order valence-corrected chi connectivity index (χ2v) is 6.01. The highest BCUT2D eigenvalue weighted by Gasteiger charge is 2.28. The van der Waals surface area contributed by atoms with Gasteiger partial charge in [0.1, 0.15) is 11.6 Å². The van der Waals surface area contributed by atoms with E-state index >= 15 is 0 Å². The molecule has 0 saturated carbocycles. The van der Waals surface area contributed by atoms with Gasteiger partial charge >= 0.3 is 0 Å². The summed E-state index contributed by atoms with van der Waals surface area (Å²) in [6.07, 6.45) is 5.92. The molecule has 24 heavy (non-hydrogen) atoms. The lowest BCUT2D eigenvalue weighted by Gasteiger charge is -2.32. The van der Waals surface area contributed by atoms with Crippen LogP contribution in [-0.4, -0.2) is 44.5 Å². The predicted octanol–water partition coefficient (Wildman–Crippen LogP) is 0.470. The molecule has 0 amide bonds. The van der Waals surface area contributed by atoms with Crippen LogP contribution in [-0.2, 0) is 5.79 Å². The Morgan fingerprint density at radius 3 is 3.17 bits per heavy atom. The van der Waals surface area contributed by atoms with Crippen molar-refractivity contribution in [3.8, 4) is 5.75 Å². The molecule has 0 aromatic heterocycles. The maximum atomic E-state index is 6.43. The highest BCUT2D eigenvalue weighted by molar-refractivity contribution is 5.73. The van der Waals surface area contributed by atoms with Gasteiger partial charge in [0.25, 0.3) is 0 Å². The molecule has 1 aromatic carbocycles. The van der Waals surface area contributed by atoms with E-state index in [0.717, 1.165) is 49.7 Å². The molecular formula is C17H26N6O. The van der Waals surface area contributed by atoms with Crippen LogP contribution in [0.2, 0.25) is 0 Å². The average Bonchev–Trinajstić information content (AvgIpc) is 3.12. The number of nitrogens with zero attached hydrogens (tertiary/aromatic N) is 2. The van der Waals surface area contributed by atoms with Gasteiger partial charge in [0.05, 0.1) is 7.11 Å². The number of benzene rings is 1. The van der Waals surface area contributed by atoms with Gasteiger partial charge in [-0.15, -0.1) is 0 Å². The number of ether oxygens (including phenoxy) is 1. The minimum atomic E-state index is -0.984. The topological polar surface area (TPSA) is 86.9 Å². The first kappa shape index (κ1) is 16.8. The molecule has 0 spiro atoms. The van der Waals surface area contributed by atoms with Gasteiger partial charge in [-0.05, 0) is 31.1 Å². The summed E-state index contributed by atoms with van der Waals surface area (Å²) in [5.41, 5.74) is 10.7. The van der Waals surface area contributed by atoms with Crippen molar-refractivity contribution in [3.63, 3.8) is 0 Å². The van der Waals surface area contributed by atoms with E-state index in [0.29, 0.717) is 0 Å². The number of allylic oxidation sites excluding steroid dienone is 1. The smallest absolute Gasteiger partial charge is 0.210 e. The first-order valence-electron chi connectivity index (χ1n) is 8.39. The Balaban J connectivity index is 1.53. The molecule has 0 bridgehead atoms.